The number of thioether (sulfide) groups is 1. The summed E-state index contributed by atoms with van der Waals surface area (Å²) in [6.07, 6.45) is 4.80. The van der Waals surface area contributed by atoms with Crippen molar-refractivity contribution < 1.29 is 14.7 Å². The number of amides is 2. The fraction of sp³-hybridized carbons (Fsp3) is 0.857. The molecule has 0 aliphatic carbocycles. The highest BCUT2D eigenvalue weighted by atomic mass is 32.2. The lowest BCUT2D eigenvalue weighted by Gasteiger charge is -2.23. The van der Waals surface area contributed by atoms with Crippen molar-refractivity contribution in [2.75, 3.05) is 18.1 Å². The molecule has 1 unspecified atom stereocenters. The first-order valence-electron chi connectivity index (χ1n) is 7.45. The van der Waals surface area contributed by atoms with Gasteiger partial charge in [-0.15, -0.1) is 0 Å². The van der Waals surface area contributed by atoms with Gasteiger partial charge in [0.25, 0.3) is 0 Å². The van der Waals surface area contributed by atoms with Crippen molar-refractivity contribution in [3.63, 3.8) is 0 Å². The lowest BCUT2D eigenvalue weighted by Crippen LogP contribution is -2.44. The zero-order valence-corrected chi connectivity index (χ0v) is 13.0. The molecule has 1 saturated heterocycles. The smallest absolute Gasteiger partial charge is 0.315 e. The molecule has 1 aliphatic heterocycles. The predicted molar refractivity (Wildman–Crippen MR) is 82.1 cm³/mol. The predicted octanol–water partition coefficient (Wildman–Crippen LogP) is 2.46. The Kier molecular flexibility index (Phi) is 8.49. The molecule has 116 valence electrons. The van der Waals surface area contributed by atoms with E-state index in [0.29, 0.717) is 24.9 Å². The highest BCUT2D eigenvalue weighted by Gasteiger charge is 2.16. The van der Waals surface area contributed by atoms with Crippen LogP contribution < -0.4 is 10.6 Å². The highest BCUT2D eigenvalue weighted by Crippen LogP contribution is 2.17. The van der Waals surface area contributed by atoms with Gasteiger partial charge in [-0.25, -0.2) is 4.79 Å². The first-order chi connectivity index (χ1) is 9.61. The Morgan fingerprint density at radius 2 is 2.00 bits per heavy atom. The Bertz CT molecular complexity index is 307. The topological polar surface area (TPSA) is 78.4 Å². The normalized spacial score (nSPS) is 17.4. The van der Waals surface area contributed by atoms with Crippen LogP contribution in [0.5, 0.6) is 0 Å². The van der Waals surface area contributed by atoms with Gasteiger partial charge in [0.15, 0.2) is 0 Å². The van der Waals surface area contributed by atoms with Gasteiger partial charge in [-0.3, -0.25) is 4.79 Å². The van der Waals surface area contributed by atoms with E-state index in [0.717, 1.165) is 37.2 Å². The van der Waals surface area contributed by atoms with Gasteiger partial charge in [0.1, 0.15) is 0 Å². The molecule has 6 heteroatoms. The number of rotatable bonds is 8. The number of urea groups is 1. The highest BCUT2D eigenvalue weighted by molar-refractivity contribution is 7.99. The van der Waals surface area contributed by atoms with E-state index in [1.807, 2.05) is 11.8 Å². The third-order valence-electron chi connectivity index (χ3n) is 3.74. The molecule has 1 aliphatic rings. The zero-order chi connectivity index (χ0) is 14.8. The molecular formula is C14H26N2O3S. The van der Waals surface area contributed by atoms with Crippen LogP contribution in [0.2, 0.25) is 0 Å². The third-order valence-corrected chi connectivity index (χ3v) is 4.79. The number of carboxylic acids is 1. The van der Waals surface area contributed by atoms with Gasteiger partial charge in [-0.2, -0.15) is 11.8 Å². The molecule has 5 nitrogen and oxygen atoms in total. The summed E-state index contributed by atoms with van der Waals surface area (Å²) in [5.74, 6) is 1.87. The van der Waals surface area contributed by atoms with Gasteiger partial charge >= 0.3 is 12.0 Å². The van der Waals surface area contributed by atoms with Crippen molar-refractivity contribution in [2.45, 2.75) is 51.5 Å². The summed E-state index contributed by atoms with van der Waals surface area (Å²) < 4.78 is 0. The van der Waals surface area contributed by atoms with E-state index in [1.165, 1.54) is 0 Å². The van der Waals surface area contributed by atoms with Crippen LogP contribution in [0.3, 0.4) is 0 Å². The number of aliphatic carboxylic acids is 1. The number of hydrogen-bond donors (Lipinski definition) is 3. The van der Waals surface area contributed by atoms with E-state index in [4.69, 9.17) is 5.11 Å². The Hall–Kier alpha value is -0.910. The zero-order valence-electron chi connectivity index (χ0n) is 12.2. The molecule has 0 aromatic carbocycles. The van der Waals surface area contributed by atoms with Gasteiger partial charge < -0.3 is 15.7 Å². The molecule has 0 aromatic heterocycles. The molecule has 1 atom stereocenters. The molecule has 0 radical (unpaired) electrons. The SMILES string of the molecule is CCC(CCNC(=O)NC1CCSCC1)CCC(=O)O. The Morgan fingerprint density at radius 3 is 2.60 bits per heavy atom. The van der Waals surface area contributed by atoms with E-state index in [9.17, 15) is 9.59 Å². The lowest BCUT2D eigenvalue weighted by atomic mass is 9.97. The summed E-state index contributed by atoms with van der Waals surface area (Å²) in [5, 5.41) is 14.6. The average Bonchev–Trinajstić information content (AvgIpc) is 2.43. The molecular weight excluding hydrogens is 276 g/mol. The van der Waals surface area contributed by atoms with Crippen LogP contribution in [0.1, 0.15) is 45.4 Å². The van der Waals surface area contributed by atoms with Crippen molar-refractivity contribution in [3.05, 3.63) is 0 Å². The first-order valence-corrected chi connectivity index (χ1v) is 8.61. The van der Waals surface area contributed by atoms with Crippen molar-refractivity contribution >= 4 is 23.8 Å². The lowest BCUT2D eigenvalue weighted by molar-refractivity contribution is -0.137. The molecule has 3 N–H and O–H groups in total. The maximum Gasteiger partial charge on any atom is 0.315 e. The minimum atomic E-state index is -0.746. The minimum absolute atomic E-state index is 0.0880. The summed E-state index contributed by atoms with van der Waals surface area (Å²) >= 11 is 1.94. The maximum absolute atomic E-state index is 11.7. The van der Waals surface area contributed by atoms with E-state index < -0.39 is 5.97 Å². The van der Waals surface area contributed by atoms with Crippen molar-refractivity contribution in [1.82, 2.24) is 10.6 Å². The Labute approximate surface area is 125 Å². The van der Waals surface area contributed by atoms with Crippen LogP contribution >= 0.6 is 11.8 Å². The molecule has 0 bridgehead atoms. The summed E-state index contributed by atoms with van der Waals surface area (Å²) in [6.45, 7) is 2.68. The summed E-state index contributed by atoms with van der Waals surface area (Å²) in [6, 6.07) is 0.222. The fourth-order valence-corrected chi connectivity index (χ4v) is 3.45. The molecule has 0 aromatic rings. The average molecular weight is 302 g/mol. The van der Waals surface area contributed by atoms with Crippen LogP contribution in [0, 0.1) is 5.92 Å². The van der Waals surface area contributed by atoms with Crippen molar-refractivity contribution in [2.24, 2.45) is 5.92 Å². The van der Waals surface area contributed by atoms with E-state index in [-0.39, 0.29) is 12.5 Å². The number of carboxylic acid groups (broad SMARTS) is 1. The number of hydrogen-bond acceptors (Lipinski definition) is 3. The van der Waals surface area contributed by atoms with Crippen molar-refractivity contribution in [3.8, 4) is 0 Å². The molecule has 2 amide bonds. The van der Waals surface area contributed by atoms with Gasteiger partial charge in [-0.1, -0.05) is 13.3 Å². The second-order valence-electron chi connectivity index (χ2n) is 5.28. The molecule has 1 fully saturated rings. The molecule has 0 saturated carbocycles. The number of carbonyl (C=O) groups excluding carboxylic acids is 1. The van der Waals surface area contributed by atoms with Crippen molar-refractivity contribution in [1.29, 1.82) is 0 Å². The third kappa shape index (κ3) is 7.62. The largest absolute Gasteiger partial charge is 0.481 e. The first kappa shape index (κ1) is 17.1. The van der Waals surface area contributed by atoms with Crippen LogP contribution in [0.15, 0.2) is 0 Å². The second-order valence-corrected chi connectivity index (χ2v) is 6.51. The minimum Gasteiger partial charge on any atom is -0.481 e. The molecule has 1 heterocycles. The van der Waals surface area contributed by atoms with Gasteiger partial charge in [0.2, 0.25) is 0 Å². The summed E-state index contributed by atoms with van der Waals surface area (Å²) in [4.78, 5) is 22.3. The van der Waals surface area contributed by atoms with Gasteiger partial charge in [-0.05, 0) is 43.1 Å². The van der Waals surface area contributed by atoms with Crippen LogP contribution in [0.4, 0.5) is 4.79 Å². The number of carbonyl (C=O) groups is 2. The fourth-order valence-electron chi connectivity index (χ4n) is 2.35. The van der Waals surface area contributed by atoms with Crippen LogP contribution in [-0.4, -0.2) is 41.2 Å². The van der Waals surface area contributed by atoms with Crippen LogP contribution in [0.25, 0.3) is 0 Å². The summed E-state index contributed by atoms with van der Waals surface area (Å²) in [5.41, 5.74) is 0. The van der Waals surface area contributed by atoms with Crippen LogP contribution in [-0.2, 0) is 4.79 Å². The Morgan fingerprint density at radius 1 is 1.30 bits per heavy atom. The molecule has 1 rings (SSSR count). The van der Waals surface area contributed by atoms with E-state index in [1.54, 1.807) is 0 Å². The molecule has 20 heavy (non-hydrogen) atoms. The Balaban J connectivity index is 2.11. The van der Waals surface area contributed by atoms with Gasteiger partial charge in [0.05, 0.1) is 0 Å². The monoisotopic (exact) mass is 302 g/mol. The maximum atomic E-state index is 11.7. The molecule has 0 spiro atoms. The van der Waals surface area contributed by atoms with Gasteiger partial charge in [0, 0.05) is 19.0 Å². The number of nitrogens with one attached hydrogen (secondary N) is 2. The summed E-state index contributed by atoms with van der Waals surface area (Å²) in [7, 11) is 0. The van der Waals surface area contributed by atoms with E-state index >= 15 is 0 Å². The van der Waals surface area contributed by atoms with E-state index in [2.05, 4.69) is 17.6 Å². The second kappa shape index (κ2) is 9.91. The quantitative estimate of drug-likeness (QED) is 0.643. The standard InChI is InChI=1S/C14H26N2O3S/c1-2-11(3-4-13(17)18)5-8-15-14(19)16-12-6-9-20-10-7-12/h11-12H,2-10H2,1H3,(H,17,18)(H2,15,16,19).